The van der Waals surface area contributed by atoms with Gasteiger partial charge in [0, 0.05) is 12.0 Å². The van der Waals surface area contributed by atoms with E-state index in [0.717, 1.165) is 16.9 Å². The van der Waals surface area contributed by atoms with Crippen LogP contribution in [0.3, 0.4) is 0 Å². The van der Waals surface area contributed by atoms with Gasteiger partial charge in [-0.2, -0.15) is 0 Å². The van der Waals surface area contributed by atoms with Gasteiger partial charge in [0.25, 0.3) is 0 Å². The van der Waals surface area contributed by atoms with Crippen molar-refractivity contribution >= 4 is 15.9 Å². The van der Waals surface area contributed by atoms with Gasteiger partial charge in [0.05, 0.1) is 19.5 Å². The van der Waals surface area contributed by atoms with Crippen molar-refractivity contribution < 1.29 is 14.3 Å². The molecular weight excluding hydrogens is 284 g/mol. The Kier molecular flexibility index (Phi) is 3.86. The summed E-state index contributed by atoms with van der Waals surface area (Å²) < 4.78 is 10.8. The zero-order chi connectivity index (χ0) is 12.3. The summed E-state index contributed by atoms with van der Waals surface area (Å²) >= 11 is 3.26. The highest BCUT2D eigenvalue weighted by atomic mass is 79.9. The number of furan rings is 1. The van der Waals surface area contributed by atoms with Gasteiger partial charge < -0.3 is 14.3 Å². The van der Waals surface area contributed by atoms with Crippen molar-refractivity contribution in [2.24, 2.45) is 0 Å². The van der Waals surface area contributed by atoms with E-state index in [1.54, 1.807) is 19.4 Å². The van der Waals surface area contributed by atoms with Crippen LogP contribution in [-0.4, -0.2) is 12.2 Å². The third-order valence-corrected chi connectivity index (χ3v) is 3.21. The average molecular weight is 297 g/mol. The molecule has 1 aromatic heterocycles. The quantitative estimate of drug-likeness (QED) is 0.941. The number of halogens is 1. The van der Waals surface area contributed by atoms with Crippen molar-refractivity contribution in [2.45, 2.75) is 12.5 Å². The van der Waals surface area contributed by atoms with Crippen molar-refractivity contribution in [2.75, 3.05) is 7.11 Å². The maximum absolute atomic E-state index is 10.1. The Morgan fingerprint density at radius 2 is 2.24 bits per heavy atom. The first kappa shape index (κ1) is 12.2. The summed E-state index contributed by atoms with van der Waals surface area (Å²) in [5.41, 5.74) is 1.78. The highest BCUT2D eigenvalue weighted by Crippen LogP contribution is 2.27. The van der Waals surface area contributed by atoms with E-state index in [9.17, 15) is 5.11 Å². The number of aliphatic hydroxyl groups is 1. The van der Waals surface area contributed by atoms with Crippen molar-refractivity contribution in [1.82, 2.24) is 0 Å². The lowest BCUT2D eigenvalue weighted by molar-refractivity contribution is 0.176. The van der Waals surface area contributed by atoms with Crippen molar-refractivity contribution in [3.05, 3.63) is 52.4 Å². The molecule has 0 aliphatic rings. The second-order valence-electron chi connectivity index (χ2n) is 3.72. The maximum Gasteiger partial charge on any atom is 0.174 e. The predicted molar refractivity (Wildman–Crippen MR) is 68.1 cm³/mol. The van der Waals surface area contributed by atoms with Crippen LogP contribution in [0, 0.1) is 0 Å². The Balaban J connectivity index is 2.13. The van der Waals surface area contributed by atoms with E-state index in [1.165, 1.54) is 0 Å². The third-order valence-electron chi connectivity index (χ3n) is 2.57. The Morgan fingerprint density at radius 3 is 2.88 bits per heavy atom. The summed E-state index contributed by atoms with van der Waals surface area (Å²) in [6.45, 7) is 0. The normalized spacial score (nSPS) is 12.4. The molecule has 0 bridgehead atoms. The van der Waals surface area contributed by atoms with E-state index in [1.807, 2.05) is 24.3 Å². The van der Waals surface area contributed by atoms with Crippen LogP contribution in [0.1, 0.15) is 17.2 Å². The standard InChI is InChI=1S/C13H13BrO3/c1-16-10-4-2-3-9(7-10)8-12(15)11-5-6-17-13(11)14/h2-7,12,15H,8H2,1H3. The first-order chi connectivity index (χ1) is 8.20. The molecule has 1 heterocycles. The lowest BCUT2D eigenvalue weighted by atomic mass is 10.0. The summed E-state index contributed by atoms with van der Waals surface area (Å²) in [6.07, 6.45) is 1.49. The molecule has 0 aliphatic carbocycles. The van der Waals surface area contributed by atoms with Crippen LogP contribution in [0.25, 0.3) is 0 Å². The van der Waals surface area contributed by atoms with Crippen LogP contribution < -0.4 is 4.74 Å². The van der Waals surface area contributed by atoms with Crippen LogP contribution in [0.15, 0.2) is 45.7 Å². The molecule has 0 aliphatic heterocycles. The Hall–Kier alpha value is -1.26. The molecule has 1 atom stereocenters. The van der Waals surface area contributed by atoms with E-state index in [4.69, 9.17) is 9.15 Å². The summed E-state index contributed by atoms with van der Waals surface area (Å²) in [5.74, 6) is 0.793. The van der Waals surface area contributed by atoms with Gasteiger partial charge in [0.2, 0.25) is 0 Å². The van der Waals surface area contributed by atoms with Gasteiger partial charge in [-0.3, -0.25) is 0 Å². The van der Waals surface area contributed by atoms with E-state index >= 15 is 0 Å². The summed E-state index contributed by atoms with van der Waals surface area (Å²) in [4.78, 5) is 0. The molecule has 1 unspecified atom stereocenters. The molecule has 2 aromatic rings. The maximum atomic E-state index is 10.1. The minimum atomic E-state index is -0.588. The van der Waals surface area contributed by atoms with Gasteiger partial charge in [-0.25, -0.2) is 0 Å². The second-order valence-corrected chi connectivity index (χ2v) is 4.44. The number of hydrogen-bond donors (Lipinski definition) is 1. The average Bonchev–Trinajstić information content (AvgIpc) is 2.76. The monoisotopic (exact) mass is 296 g/mol. The van der Waals surface area contributed by atoms with Gasteiger partial charge in [0.1, 0.15) is 5.75 Å². The van der Waals surface area contributed by atoms with Gasteiger partial charge in [-0.05, 0) is 39.7 Å². The number of ether oxygens (including phenoxy) is 1. The van der Waals surface area contributed by atoms with Gasteiger partial charge >= 0.3 is 0 Å². The lowest BCUT2D eigenvalue weighted by Crippen LogP contribution is -2.01. The lowest BCUT2D eigenvalue weighted by Gasteiger charge is -2.10. The Morgan fingerprint density at radius 1 is 1.41 bits per heavy atom. The molecule has 0 spiro atoms. The van der Waals surface area contributed by atoms with Gasteiger partial charge in [-0.15, -0.1) is 0 Å². The van der Waals surface area contributed by atoms with E-state index in [2.05, 4.69) is 15.9 Å². The molecule has 0 amide bonds. The second kappa shape index (κ2) is 5.38. The molecule has 0 saturated heterocycles. The van der Waals surface area contributed by atoms with Crippen LogP contribution in [0.2, 0.25) is 0 Å². The molecular formula is C13H13BrO3. The molecule has 4 heteroatoms. The van der Waals surface area contributed by atoms with Crippen molar-refractivity contribution in [3.63, 3.8) is 0 Å². The molecule has 17 heavy (non-hydrogen) atoms. The number of aliphatic hydroxyl groups excluding tert-OH is 1. The molecule has 0 radical (unpaired) electrons. The molecule has 2 rings (SSSR count). The fourth-order valence-electron chi connectivity index (χ4n) is 1.68. The smallest absolute Gasteiger partial charge is 0.174 e. The largest absolute Gasteiger partial charge is 0.497 e. The van der Waals surface area contributed by atoms with E-state index < -0.39 is 6.10 Å². The first-order valence-corrected chi connectivity index (χ1v) is 6.04. The minimum absolute atomic E-state index is 0.523. The molecule has 1 N–H and O–H groups in total. The molecule has 3 nitrogen and oxygen atoms in total. The van der Waals surface area contributed by atoms with Crippen LogP contribution in [0.5, 0.6) is 5.75 Å². The van der Waals surface area contributed by atoms with E-state index in [0.29, 0.717) is 11.1 Å². The topological polar surface area (TPSA) is 42.6 Å². The highest BCUT2D eigenvalue weighted by Gasteiger charge is 2.14. The fourth-order valence-corrected chi connectivity index (χ4v) is 2.18. The number of hydrogen-bond acceptors (Lipinski definition) is 3. The number of rotatable bonds is 4. The Bertz CT molecular complexity index is 493. The third kappa shape index (κ3) is 2.90. The predicted octanol–water partition coefficient (Wildman–Crippen LogP) is 3.33. The number of benzene rings is 1. The molecule has 90 valence electrons. The highest BCUT2D eigenvalue weighted by molar-refractivity contribution is 9.10. The van der Waals surface area contributed by atoms with Crippen molar-refractivity contribution in [1.29, 1.82) is 0 Å². The van der Waals surface area contributed by atoms with Crippen LogP contribution in [0.4, 0.5) is 0 Å². The fraction of sp³-hybridized carbons (Fsp3) is 0.231. The Labute approximate surface area is 108 Å². The summed E-state index contributed by atoms with van der Waals surface area (Å²) in [7, 11) is 1.63. The van der Waals surface area contributed by atoms with Crippen LogP contribution >= 0.6 is 15.9 Å². The van der Waals surface area contributed by atoms with Crippen molar-refractivity contribution in [3.8, 4) is 5.75 Å². The SMILES string of the molecule is COc1cccc(CC(O)c2ccoc2Br)c1. The summed E-state index contributed by atoms with van der Waals surface area (Å²) in [6, 6.07) is 9.42. The first-order valence-electron chi connectivity index (χ1n) is 5.24. The minimum Gasteiger partial charge on any atom is -0.497 e. The zero-order valence-electron chi connectivity index (χ0n) is 9.39. The van der Waals surface area contributed by atoms with Crippen LogP contribution in [-0.2, 0) is 6.42 Å². The molecule has 0 saturated carbocycles. The number of methoxy groups -OCH3 is 1. The summed E-state index contributed by atoms with van der Waals surface area (Å²) in [5, 5.41) is 10.1. The molecule has 1 aromatic carbocycles. The van der Waals surface area contributed by atoms with Gasteiger partial charge in [0.15, 0.2) is 4.67 Å². The van der Waals surface area contributed by atoms with E-state index in [-0.39, 0.29) is 0 Å². The zero-order valence-corrected chi connectivity index (χ0v) is 11.0. The molecule has 0 fully saturated rings. The van der Waals surface area contributed by atoms with Gasteiger partial charge in [-0.1, -0.05) is 12.1 Å².